The standard InChI is InChI=1S/C10H18O2/c1-2-3-4-5-6-7-8-10(12)9-11/h8-9,12H,2-7H2,1H3. The summed E-state index contributed by atoms with van der Waals surface area (Å²) in [5, 5.41) is 8.75. The van der Waals surface area contributed by atoms with Crippen molar-refractivity contribution in [2.75, 3.05) is 0 Å². The van der Waals surface area contributed by atoms with Crippen LogP contribution < -0.4 is 0 Å². The zero-order valence-electron chi connectivity index (χ0n) is 7.75. The average molecular weight is 170 g/mol. The summed E-state index contributed by atoms with van der Waals surface area (Å²) in [6, 6.07) is 0. The van der Waals surface area contributed by atoms with E-state index in [4.69, 9.17) is 5.11 Å². The smallest absolute Gasteiger partial charge is 0.184 e. The third-order valence-electron chi connectivity index (χ3n) is 1.78. The molecule has 0 bridgehead atoms. The Hall–Kier alpha value is -0.790. The fourth-order valence-electron chi connectivity index (χ4n) is 1.05. The van der Waals surface area contributed by atoms with Gasteiger partial charge in [0.05, 0.1) is 0 Å². The van der Waals surface area contributed by atoms with Gasteiger partial charge in [0.15, 0.2) is 12.0 Å². The molecule has 0 fully saturated rings. The highest BCUT2D eigenvalue weighted by Crippen LogP contribution is 2.05. The highest BCUT2D eigenvalue weighted by molar-refractivity contribution is 5.69. The lowest BCUT2D eigenvalue weighted by atomic mass is 10.1. The molecule has 0 rings (SSSR count). The normalized spacial score (nSPS) is 11.6. The van der Waals surface area contributed by atoms with Crippen LogP contribution in [0.3, 0.4) is 0 Å². The SMILES string of the molecule is CCCCCCCC=C(O)C=O. The maximum absolute atomic E-state index is 9.95. The van der Waals surface area contributed by atoms with Crippen molar-refractivity contribution in [2.45, 2.75) is 45.4 Å². The predicted molar refractivity (Wildman–Crippen MR) is 50.2 cm³/mol. The van der Waals surface area contributed by atoms with E-state index in [1.165, 1.54) is 25.7 Å². The molecule has 70 valence electrons. The van der Waals surface area contributed by atoms with Crippen molar-refractivity contribution in [3.05, 3.63) is 11.8 Å². The second-order valence-corrected chi connectivity index (χ2v) is 2.95. The molecule has 0 amide bonds. The minimum atomic E-state index is -0.134. The van der Waals surface area contributed by atoms with Gasteiger partial charge in [-0.2, -0.15) is 0 Å². The molecule has 0 radical (unpaired) electrons. The van der Waals surface area contributed by atoms with Gasteiger partial charge in [-0.05, 0) is 18.9 Å². The van der Waals surface area contributed by atoms with Crippen LogP contribution in [-0.2, 0) is 4.79 Å². The predicted octanol–water partition coefficient (Wildman–Crippen LogP) is 2.99. The molecule has 0 saturated carbocycles. The van der Waals surface area contributed by atoms with Crippen LogP contribution in [0.2, 0.25) is 0 Å². The molecule has 0 saturated heterocycles. The summed E-state index contributed by atoms with van der Waals surface area (Å²) < 4.78 is 0. The lowest BCUT2D eigenvalue weighted by Crippen LogP contribution is -1.81. The molecule has 2 heteroatoms. The van der Waals surface area contributed by atoms with Crippen molar-refractivity contribution in [3.8, 4) is 0 Å². The van der Waals surface area contributed by atoms with Crippen LogP contribution in [0, 0.1) is 0 Å². The number of aliphatic hydroxyl groups excluding tert-OH is 1. The Balaban J connectivity index is 3.15. The maximum Gasteiger partial charge on any atom is 0.184 e. The lowest BCUT2D eigenvalue weighted by Gasteiger charge is -1.95. The Morgan fingerprint density at radius 1 is 1.25 bits per heavy atom. The van der Waals surface area contributed by atoms with Crippen molar-refractivity contribution in [1.82, 2.24) is 0 Å². The van der Waals surface area contributed by atoms with Crippen LogP contribution in [0.4, 0.5) is 0 Å². The van der Waals surface area contributed by atoms with Crippen molar-refractivity contribution >= 4 is 6.29 Å². The number of carbonyl (C=O) groups excluding carboxylic acids is 1. The minimum Gasteiger partial charge on any atom is -0.505 e. The summed E-state index contributed by atoms with van der Waals surface area (Å²) in [5.74, 6) is -0.134. The summed E-state index contributed by atoms with van der Waals surface area (Å²) in [6.07, 6.45) is 8.92. The molecule has 0 aromatic carbocycles. The van der Waals surface area contributed by atoms with E-state index in [1.807, 2.05) is 0 Å². The zero-order valence-corrected chi connectivity index (χ0v) is 7.75. The van der Waals surface area contributed by atoms with Crippen molar-refractivity contribution in [1.29, 1.82) is 0 Å². The Bertz CT molecular complexity index is 139. The fourth-order valence-corrected chi connectivity index (χ4v) is 1.05. The van der Waals surface area contributed by atoms with Gasteiger partial charge in [0, 0.05) is 0 Å². The molecule has 2 nitrogen and oxygen atoms in total. The maximum atomic E-state index is 9.95. The van der Waals surface area contributed by atoms with Gasteiger partial charge in [-0.1, -0.05) is 32.6 Å². The number of aldehydes is 1. The van der Waals surface area contributed by atoms with E-state index < -0.39 is 0 Å². The first-order valence-electron chi connectivity index (χ1n) is 4.65. The van der Waals surface area contributed by atoms with Crippen LogP contribution in [0.15, 0.2) is 11.8 Å². The first-order chi connectivity index (χ1) is 5.81. The topological polar surface area (TPSA) is 37.3 Å². The summed E-state index contributed by atoms with van der Waals surface area (Å²) in [4.78, 5) is 9.95. The third kappa shape index (κ3) is 7.32. The van der Waals surface area contributed by atoms with Crippen LogP contribution >= 0.6 is 0 Å². The fraction of sp³-hybridized carbons (Fsp3) is 0.700. The molecular weight excluding hydrogens is 152 g/mol. The monoisotopic (exact) mass is 170 g/mol. The molecule has 0 heterocycles. The first kappa shape index (κ1) is 11.2. The summed E-state index contributed by atoms with van der Waals surface area (Å²) >= 11 is 0. The Labute approximate surface area is 74.3 Å². The van der Waals surface area contributed by atoms with E-state index >= 15 is 0 Å². The molecule has 0 atom stereocenters. The van der Waals surface area contributed by atoms with Gasteiger partial charge in [-0.3, -0.25) is 4.79 Å². The van der Waals surface area contributed by atoms with Crippen LogP contribution in [0.5, 0.6) is 0 Å². The number of unbranched alkanes of at least 4 members (excludes halogenated alkanes) is 5. The molecule has 0 spiro atoms. The summed E-state index contributed by atoms with van der Waals surface area (Å²) in [6.45, 7) is 2.18. The molecule has 12 heavy (non-hydrogen) atoms. The molecule has 0 aliphatic heterocycles. The van der Waals surface area contributed by atoms with Crippen LogP contribution in [-0.4, -0.2) is 11.4 Å². The highest BCUT2D eigenvalue weighted by Gasteiger charge is 1.89. The van der Waals surface area contributed by atoms with Gasteiger partial charge < -0.3 is 5.11 Å². The van der Waals surface area contributed by atoms with E-state index in [-0.39, 0.29) is 5.76 Å². The lowest BCUT2D eigenvalue weighted by molar-refractivity contribution is -0.107. The Morgan fingerprint density at radius 3 is 2.50 bits per heavy atom. The second kappa shape index (κ2) is 8.31. The second-order valence-electron chi connectivity index (χ2n) is 2.95. The van der Waals surface area contributed by atoms with E-state index in [9.17, 15) is 4.79 Å². The first-order valence-corrected chi connectivity index (χ1v) is 4.65. The van der Waals surface area contributed by atoms with Gasteiger partial charge in [-0.25, -0.2) is 0 Å². The molecule has 0 aliphatic carbocycles. The largest absolute Gasteiger partial charge is 0.505 e. The van der Waals surface area contributed by atoms with Gasteiger partial charge in [0.25, 0.3) is 0 Å². The van der Waals surface area contributed by atoms with Crippen LogP contribution in [0.25, 0.3) is 0 Å². The quantitative estimate of drug-likeness (QED) is 0.276. The van der Waals surface area contributed by atoms with Gasteiger partial charge in [0.1, 0.15) is 0 Å². The zero-order chi connectivity index (χ0) is 9.23. The Morgan fingerprint density at radius 2 is 1.92 bits per heavy atom. The van der Waals surface area contributed by atoms with E-state index in [2.05, 4.69) is 6.92 Å². The third-order valence-corrected chi connectivity index (χ3v) is 1.78. The van der Waals surface area contributed by atoms with E-state index in [1.54, 1.807) is 6.08 Å². The van der Waals surface area contributed by atoms with E-state index in [0.717, 1.165) is 12.8 Å². The van der Waals surface area contributed by atoms with Crippen molar-refractivity contribution in [3.63, 3.8) is 0 Å². The van der Waals surface area contributed by atoms with Crippen molar-refractivity contribution < 1.29 is 9.90 Å². The number of rotatable bonds is 7. The van der Waals surface area contributed by atoms with Crippen molar-refractivity contribution in [2.24, 2.45) is 0 Å². The number of allylic oxidation sites excluding steroid dienone is 2. The molecule has 0 aromatic heterocycles. The minimum absolute atomic E-state index is 0.134. The molecule has 1 N–H and O–H groups in total. The number of hydrogen-bond acceptors (Lipinski definition) is 2. The summed E-state index contributed by atoms with van der Waals surface area (Å²) in [7, 11) is 0. The highest BCUT2D eigenvalue weighted by atomic mass is 16.3. The van der Waals surface area contributed by atoms with Crippen LogP contribution in [0.1, 0.15) is 45.4 Å². The average Bonchev–Trinajstić information content (AvgIpc) is 2.10. The molecule has 0 aromatic rings. The number of carbonyl (C=O) groups is 1. The van der Waals surface area contributed by atoms with Gasteiger partial charge in [0.2, 0.25) is 0 Å². The molecular formula is C10H18O2. The van der Waals surface area contributed by atoms with E-state index in [0.29, 0.717) is 6.29 Å². The summed E-state index contributed by atoms with van der Waals surface area (Å²) in [5.41, 5.74) is 0. The number of aliphatic hydroxyl groups is 1. The molecule has 0 aliphatic rings. The number of hydrogen-bond donors (Lipinski definition) is 1. The van der Waals surface area contributed by atoms with Gasteiger partial charge in [-0.15, -0.1) is 0 Å². The molecule has 0 unspecified atom stereocenters. The Kier molecular flexibility index (Phi) is 7.76. The van der Waals surface area contributed by atoms with Gasteiger partial charge >= 0.3 is 0 Å².